The van der Waals surface area contributed by atoms with Crippen LogP contribution >= 0.6 is 0 Å². The van der Waals surface area contributed by atoms with Gasteiger partial charge in [-0.2, -0.15) is 0 Å². The number of rotatable bonds is 3. The van der Waals surface area contributed by atoms with Gasteiger partial charge in [-0.05, 0) is 60.1 Å². The van der Waals surface area contributed by atoms with Crippen molar-refractivity contribution in [3.8, 4) is 5.75 Å². The second-order valence-corrected chi connectivity index (χ2v) is 6.90. The molecule has 0 saturated heterocycles. The van der Waals surface area contributed by atoms with Gasteiger partial charge in [-0.3, -0.25) is 0 Å². The summed E-state index contributed by atoms with van der Waals surface area (Å²) in [7, 11) is 1.69. The first-order valence-corrected chi connectivity index (χ1v) is 7.33. The van der Waals surface area contributed by atoms with Gasteiger partial charge in [0.15, 0.2) is 0 Å². The fourth-order valence-corrected chi connectivity index (χ4v) is 4.14. The number of methoxy groups -OCH3 is 1. The van der Waals surface area contributed by atoms with E-state index in [1.165, 1.54) is 18.4 Å². The highest BCUT2D eigenvalue weighted by atomic mass is 16.5. The van der Waals surface area contributed by atoms with Crippen LogP contribution in [-0.4, -0.2) is 18.3 Å². The number of hydrogen-bond acceptors (Lipinski definition) is 2. The van der Waals surface area contributed by atoms with E-state index in [9.17, 15) is 5.11 Å². The number of fused-ring (bicyclic) bond motifs is 2. The first-order valence-electron chi connectivity index (χ1n) is 7.33. The average molecular weight is 260 g/mol. The Kier molecular flexibility index (Phi) is 3.09. The van der Waals surface area contributed by atoms with Crippen LogP contribution in [0.2, 0.25) is 0 Å². The van der Waals surface area contributed by atoms with Gasteiger partial charge in [-0.1, -0.05) is 26.0 Å². The zero-order valence-electron chi connectivity index (χ0n) is 12.1. The van der Waals surface area contributed by atoms with E-state index >= 15 is 0 Å². The molecule has 0 aliphatic heterocycles. The van der Waals surface area contributed by atoms with E-state index in [2.05, 4.69) is 26.0 Å². The predicted molar refractivity (Wildman–Crippen MR) is 76.2 cm³/mol. The van der Waals surface area contributed by atoms with E-state index in [-0.39, 0.29) is 6.10 Å². The van der Waals surface area contributed by atoms with Crippen LogP contribution in [0.1, 0.15) is 32.3 Å². The summed E-state index contributed by atoms with van der Waals surface area (Å²) in [5.41, 5.74) is 1.67. The lowest BCUT2D eigenvalue weighted by atomic mass is 9.45. The van der Waals surface area contributed by atoms with Crippen molar-refractivity contribution in [2.75, 3.05) is 7.11 Å². The van der Waals surface area contributed by atoms with Crippen LogP contribution in [0.15, 0.2) is 24.3 Å². The second kappa shape index (κ2) is 4.52. The summed E-state index contributed by atoms with van der Waals surface area (Å²) in [4.78, 5) is 0. The lowest BCUT2D eigenvalue weighted by molar-refractivity contribution is -0.169. The Hall–Kier alpha value is -1.02. The van der Waals surface area contributed by atoms with Gasteiger partial charge in [0.05, 0.1) is 13.2 Å². The molecule has 0 radical (unpaired) electrons. The zero-order chi connectivity index (χ0) is 13.6. The van der Waals surface area contributed by atoms with E-state index in [1.807, 2.05) is 12.1 Å². The molecule has 1 aromatic rings. The quantitative estimate of drug-likeness (QED) is 0.903. The van der Waals surface area contributed by atoms with Crippen LogP contribution < -0.4 is 4.74 Å². The molecule has 3 fully saturated rings. The summed E-state index contributed by atoms with van der Waals surface area (Å²) in [6.07, 6.45) is 3.28. The maximum atomic E-state index is 10.5. The highest BCUT2D eigenvalue weighted by Crippen LogP contribution is 2.60. The molecule has 0 amide bonds. The smallest absolute Gasteiger partial charge is 0.118 e. The molecule has 0 aromatic heterocycles. The molecule has 4 rings (SSSR count). The van der Waals surface area contributed by atoms with Gasteiger partial charge in [0, 0.05) is 0 Å². The van der Waals surface area contributed by atoms with Gasteiger partial charge in [-0.15, -0.1) is 0 Å². The zero-order valence-corrected chi connectivity index (χ0v) is 12.1. The number of benzene rings is 1. The Bertz CT molecular complexity index is 449. The Labute approximate surface area is 115 Å². The van der Waals surface area contributed by atoms with Gasteiger partial charge in [-0.25, -0.2) is 0 Å². The SMILES string of the molecule is COc1ccc(C[C@H]2C[C@H]3C[C@@H]([C@H]2O)C3(C)C)cc1. The van der Waals surface area contributed by atoms with Gasteiger partial charge < -0.3 is 9.84 Å². The molecule has 3 aliphatic carbocycles. The topological polar surface area (TPSA) is 29.5 Å². The number of ether oxygens (including phenoxy) is 1. The van der Waals surface area contributed by atoms with Crippen molar-refractivity contribution in [1.29, 1.82) is 0 Å². The first-order chi connectivity index (χ1) is 9.02. The monoisotopic (exact) mass is 260 g/mol. The molecule has 1 N–H and O–H groups in total. The van der Waals surface area contributed by atoms with E-state index < -0.39 is 0 Å². The minimum absolute atomic E-state index is 0.123. The van der Waals surface area contributed by atoms with Crippen molar-refractivity contribution in [1.82, 2.24) is 0 Å². The van der Waals surface area contributed by atoms with Gasteiger partial charge in [0.1, 0.15) is 5.75 Å². The lowest BCUT2D eigenvalue weighted by Gasteiger charge is -2.61. The summed E-state index contributed by atoms with van der Waals surface area (Å²) >= 11 is 0. The molecular formula is C17H24O2. The maximum Gasteiger partial charge on any atom is 0.118 e. The minimum Gasteiger partial charge on any atom is -0.497 e. The molecule has 1 aromatic carbocycles. The standard InChI is InChI=1S/C17H24O2/c1-17(2)13-9-12(16(18)15(17)10-13)8-11-4-6-14(19-3)7-5-11/h4-7,12-13,15-16,18H,8-10H2,1-3H3/t12-,13-,15-,16-/m0/s1. The van der Waals surface area contributed by atoms with Gasteiger partial charge in [0.2, 0.25) is 0 Å². The Balaban J connectivity index is 1.68. The molecule has 2 heteroatoms. The third kappa shape index (κ3) is 2.06. The predicted octanol–water partition coefficient (Wildman–Crippen LogP) is 3.28. The van der Waals surface area contributed by atoms with E-state index in [0.717, 1.165) is 18.1 Å². The molecule has 0 spiro atoms. The van der Waals surface area contributed by atoms with Crippen LogP contribution in [0.3, 0.4) is 0 Å². The van der Waals surface area contributed by atoms with E-state index in [1.54, 1.807) is 7.11 Å². The highest BCUT2D eigenvalue weighted by Gasteiger charge is 2.57. The third-order valence-corrected chi connectivity index (χ3v) is 5.69. The number of aliphatic hydroxyl groups is 1. The van der Waals surface area contributed by atoms with Crippen LogP contribution in [-0.2, 0) is 6.42 Å². The average Bonchev–Trinajstić information content (AvgIpc) is 2.41. The second-order valence-electron chi connectivity index (χ2n) is 6.90. The summed E-state index contributed by atoms with van der Waals surface area (Å²) in [5, 5.41) is 10.5. The van der Waals surface area contributed by atoms with Gasteiger partial charge >= 0.3 is 0 Å². The Morgan fingerprint density at radius 2 is 1.89 bits per heavy atom. The fourth-order valence-electron chi connectivity index (χ4n) is 4.14. The lowest BCUT2D eigenvalue weighted by Crippen LogP contribution is -2.58. The molecule has 104 valence electrons. The molecule has 3 saturated carbocycles. The molecule has 2 nitrogen and oxygen atoms in total. The van der Waals surface area contributed by atoms with Crippen molar-refractivity contribution in [3.05, 3.63) is 29.8 Å². The van der Waals surface area contributed by atoms with Crippen LogP contribution in [0.25, 0.3) is 0 Å². The van der Waals surface area contributed by atoms with Crippen molar-refractivity contribution < 1.29 is 9.84 Å². The van der Waals surface area contributed by atoms with Crippen molar-refractivity contribution in [3.63, 3.8) is 0 Å². The molecular weight excluding hydrogens is 236 g/mol. The molecule has 19 heavy (non-hydrogen) atoms. The summed E-state index contributed by atoms with van der Waals surface area (Å²) < 4.78 is 5.18. The van der Waals surface area contributed by atoms with Crippen LogP contribution in [0.4, 0.5) is 0 Å². The van der Waals surface area contributed by atoms with Gasteiger partial charge in [0.25, 0.3) is 0 Å². The molecule has 2 bridgehead atoms. The molecule has 0 unspecified atom stereocenters. The maximum absolute atomic E-state index is 10.5. The van der Waals surface area contributed by atoms with Crippen LogP contribution in [0, 0.1) is 23.2 Å². The fraction of sp³-hybridized carbons (Fsp3) is 0.647. The van der Waals surface area contributed by atoms with E-state index in [0.29, 0.717) is 17.3 Å². The van der Waals surface area contributed by atoms with Crippen LogP contribution in [0.5, 0.6) is 5.75 Å². The summed E-state index contributed by atoms with van der Waals surface area (Å²) in [5.74, 6) is 2.65. The Morgan fingerprint density at radius 1 is 1.21 bits per heavy atom. The normalized spacial score (nSPS) is 35.6. The first kappa shape index (κ1) is 13.0. The molecule has 3 aliphatic rings. The summed E-state index contributed by atoms with van der Waals surface area (Å²) in [6, 6.07) is 8.26. The molecule has 4 atom stereocenters. The van der Waals surface area contributed by atoms with E-state index in [4.69, 9.17) is 4.74 Å². The highest BCUT2D eigenvalue weighted by molar-refractivity contribution is 5.27. The van der Waals surface area contributed by atoms with Crippen molar-refractivity contribution in [2.45, 2.75) is 39.2 Å². The third-order valence-electron chi connectivity index (χ3n) is 5.69. The largest absolute Gasteiger partial charge is 0.497 e. The number of hydrogen-bond donors (Lipinski definition) is 1. The van der Waals surface area contributed by atoms with Crippen molar-refractivity contribution in [2.24, 2.45) is 23.2 Å². The van der Waals surface area contributed by atoms with Crippen molar-refractivity contribution >= 4 is 0 Å². The Morgan fingerprint density at radius 3 is 2.42 bits per heavy atom. The minimum atomic E-state index is -0.123. The summed E-state index contributed by atoms with van der Waals surface area (Å²) in [6.45, 7) is 4.64. The number of aliphatic hydroxyl groups excluding tert-OH is 1. The molecule has 0 heterocycles.